The number of likely N-dealkylation sites (N-methyl/N-ethyl adjacent to an activating group) is 1. The van der Waals surface area contributed by atoms with E-state index in [1.54, 1.807) is 7.05 Å². The molecule has 2 N–H and O–H groups in total. The Hall–Kier alpha value is -1.24. The summed E-state index contributed by atoms with van der Waals surface area (Å²) in [5.74, 6) is 0.408. The Morgan fingerprint density at radius 1 is 0.917 bits per heavy atom. The molecule has 0 saturated heterocycles. The van der Waals surface area contributed by atoms with Crippen LogP contribution in [0.15, 0.2) is 24.3 Å². The number of carbonyl (C=O) groups is 1. The lowest BCUT2D eigenvalue weighted by Gasteiger charge is -2.20. The molecule has 2 atom stereocenters. The smallest absolute Gasteiger partial charge is 0.330 e. The van der Waals surface area contributed by atoms with E-state index in [0.717, 1.165) is 17.7 Å². The Balaban J connectivity index is 2.30. The maximum Gasteiger partial charge on any atom is 0.330 e. The van der Waals surface area contributed by atoms with Crippen molar-refractivity contribution in [2.24, 2.45) is 0 Å². The summed E-state index contributed by atoms with van der Waals surface area (Å²) in [6, 6.07) is 7.80. The average molecular weight is 528 g/mol. The van der Waals surface area contributed by atoms with Crippen LogP contribution in [0.2, 0.25) is 0 Å². The van der Waals surface area contributed by atoms with E-state index >= 15 is 0 Å². The largest absolute Gasteiger partial charge is 0.493 e. The first-order valence-corrected chi connectivity index (χ1v) is 15.0. The molecule has 1 aromatic rings. The second-order valence-corrected chi connectivity index (χ2v) is 10.2. The summed E-state index contributed by atoms with van der Waals surface area (Å²) >= 11 is 0. The van der Waals surface area contributed by atoms with E-state index in [9.17, 15) is 9.69 Å². The fourth-order valence-electron chi connectivity index (χ4n) is 3.96. The first-order chi connectivity index (χ1) is 17.6. The Morgan fingerprint density at radius 3 is 2.14 bits per heavy atom. The van der Waals surface area contributed by atoms with Crippen LogP contribution in [0, 0.1) is 0 Å². The highest BCUT2D eigenvalue weighted by Gasteiger charge is 2.19. The van der Waals surface area contributed by atoms with Crippen LogP contribution in [-0.2, 0) is 25.0 Å². The second kappa shape index (κ2) is 22.9. The molecule has 7 nitrogen and oxygen atoms in total. The Kier molecular flexibility index (Phi) is 20.9. The lowest BCUT2D eigenvalue weighted by molar-refractivity contribution is -0.147. The van der Waals surface area contributed by atoms with Gasteiger partial charge in [0.25, 0.3) is 0 Å². The van der Waals surface area contributed by atoms with Crippen molar-refractivity contribution in [2.75, 3.05) is 33.4 Å². The molecule has 0 aliphatic rings. The Bertz CT molecular complexity index is 663. The Labute approximate surface area is 220 Å². The standard InChI is InChI=1S/C28H50NO6P/c1-4-5-6-7-8-9-10-11-12-13-14-17-21-32-28-19-16-15-18-26(28)23-27(35-25(2)30)24-34-36(31)33-22-20-29-3/h15-16,18-19,27,29,31H,4-14,17,20-24H2,1-3H3. The molecule has 208 valence electrons. The molecule has 8 heteroatoms. The number of unbranched alkanes of at least 4 members (excludes halogenated alkanes) is 11. The molecular weight excluding hydrogens is 477 g/mol. The zero-order chi connectivity index (χ0) is 26.3. The number of rotatable bonds is 24. The van der Waals surface area contributed by atoms with Gasteiger partial charge in [0.2, 0.25) is 0 Å². The third-order valence-corrected chi connectivity index (χ3v) is 6.71. The zero-order valence-electron chi connectivity index (χ0n) is 22.8. The molecule has 36 heavy (non-hydrogen) atoms. The number of hydrogen-bond donors (Lipinski definition) is 2. The van der Waals surface area contributed by atoms with Crippen molar-refractivity contribution in [1.82, 2.24) is 5.32 Å². The fraction of sp³-hybridized carbons (Fsp3) is 0.750. The van der Waals surface area contributed by atoms with Gasteiger partial charge in [-0.05, 0) is 25.1 Å². The summed E-state index contributed by atoms with van der Waals surface area (Å²) in [6.07, 6.45) is 15.6. The first-order valence-electron chi connectivity index (χ1n) is 13.8. The molecule has 0 fully saturated rings. The average Bonchev–Trinajstić information content (AvgIpc) is 2.86. The summed E-state index contributed by atoms with van der Waals surface area (Å²) in [5.41, 5.74) is 0.949. The van der Waals surface area contributed by atoms with E-state index in [-0.39, 0.29) is 6.61 Å². The minimum atomic E-state index is -2.02. The molecule has 1 rings (SSSR count). The van der Waals surface area contributed by atoms with Crippen LogP contribution >= 0.6 is 8.60 Å². The van der Waals surface area contributed by atoms with E-state index < -0.39 is 20.7 Å². The topological polar surface area (TPSA) is 86.2 Å². The summed E-state index contributed by atoms with van der Waals surface area (Å²) in [5, 5.41) is 2.93. The SMILES string of the molecule is CCCCCCCCCCCCCCOc1ccccc1CC(COP(O)OCCNC)OC(C)=O. The van der Waals surface area contributed by atoms with E-state index in [0.29, 0.717) is 26.2 Å². The lowest BCUT2D eigenvalue weighted by Crippen LogP contribution is -2.24. The third-order valence-electron chi connectivity index (χ3n) is 5.93. The van der Waals surface area contributed by atoms with Crippen LogP contribution in [0.1, 0.15) is 96.5 Å². The number of para-hydroxylation sites is 1. The van der Waals surface area contributed by atoms with Gasteiger partial charge in [-0.3, -0.25) is 4.79 Å². The van der Waals surface area contributed by atoms with Crippen molar-refractivity contribution < 1.29 is 28.2 Å². The lowest BCUT2D eigenvalue weighted by atomic mass is 10.1. The molecular formula is C28H50NO6P. The Morgan fingerprint density at radius 2 is 1.53 bits per heavy atom. The van der Waals surface area contributed by atoms with Crippen LogP contribution in [0.5, 0.6) is 5.75 Å². The minimum Gasteiger partial charge on any atom is -0.493 e. The van der Waals surface area contributed by atoms with Gasteiger partial charge in [0.05, 0.1) is 19.8 Å². The van der Waals surface area contributed by atoms with Gasteiger partial charge in [-0.15, -0.1) is 0 Å². The zero-order valence-corrected chi connectivity index (χ0v) is 23.7. The number of carbonyl (C=O) groups excluding carboxylic acids is 1. The predicted molar refractivity (Wildman–Crippen MR) is 147 cm³/mol. The van der Waals surface area contributed by atoms with Crippen molar-refractivity contribution in [2.45, 2.75) is 103 Å². The van der Waals surface area contributed by atoms with Crippen LogP contribution < -0.4 is 10.1 Å². The van der Waals surface area contributed by atoms with Gasteiger partial charge in [0.15, 0.2) is 0 Å². The molecule has 1 aromatic carbocycles. The molecule has 0 heterocycles. The van der Waals surface area contributed by atoms with Crippen molar-refractivity contribution in [3.05, 3.63) is 29.8 Å². The molecule has 0 aliphatic heterocycles. The molecule has 0 spiro atoms. The van der Waals surface area contributed by atoms with Gasteiger partial charge in [0.1, 0.15) is 11.9 Å². The van der Waals surface area contributed by atoms with Gasteiger partial charge in [-0.25, -0.2) is 0 Å². The van der Waals surface area contributed by atoms with Crippen molar-refractivity contribution >= 4 is 14.6 Å². The van der Waals surface area contributed by atoms with Gasteiger partial charge >= 0.3 is 14.6 Å². The van der Waals surface area contributed by atoms with Crippen LogP contribution in [0.4, 0.5) is 0 Å². The van der Waals surface area contributed by atoms with Crippen molar-refractivity contribution in [3.8, 4) is 5.75 Å². The monoisotopic (exact) mass is 527 g/mol. The molecule has 2 unspecified atom stereocenters. The fourth-order valence-corrected chi connectivity index (χ4v) is 4.58. The highest BCUT2D eigenvalue weighted by atomic mass is 31.2. The van der Waals surface area contributed by atoms with Crippen LogP contribution in [-0.4, -0.2) is 50.4 Å². The number of hydrogen-bond acceptors (Lipinski definition) is 7. The number of esters is 1. The molecule has 0 aliphatic carbocycles. The summed E-state index contributed by atoms with van der Waals surface area (Å²) in [7, 11) is -0.215. The van der Waals surface area contributed by atoms with E-state index in [1.807, 2.05) is 24.3 Å². The highest BCUT2D eigenvalue weighted by Crippen LogP contribution is 2.33. The number of ether oxygens (including phenoxy) is 2. The molecule has 0 amide bonds. The highest BCUT2D eigenvalue weighted by molar-refractivity contribution is 7.40. The maximum atomic E-state index is 11.6. The third kappa shape index (κ3) is 18.1. The van der Waals surface area contributed by atoms with Gasteiger partial charge in [-0.1, -0.05) is 95.8 Å². The predicted octanol–water partition coefficient (Wildman–Crippen LogP) is 6.71. The number of benzene rings is 1. The van der Waals surface area contributed by atoms with Gasteiger partial charge in [0, 0.05) is 19.9 Å². The quantitative estimate of drug-likeness (QED) is 0.0877. The number of nitrogens with one attached hydrogen (secondary N) is 1. The summed E-state index contributed by atoms with van der Waals surface area (Å²) in [4.78, 5) is 21.5. The molecule has 0 bridgehead atoms. The summed E-state index contributed by atoms with van der Waals surface area (Å²) < 4.78 is 22.1. The van der Waals surface area contributed by atoms with Crippen molar-refractivity contribution in [3.63, 3.8) is 0 Å². The van der Waals surface area contributed by atoms with Gasteiger partial charge < -0.3 is 28.7 Å². The van der Waals surface area contributed by atoms with E-state index in [4.69, 9.17) is 18.5 Å². The summed E-state index contributed by atoms with van der Waals surface area (Å²) in [6.45, 7) is 5.31. The normalized spacial score (nSPS) is 12.9. The maximum absolute atomic E-state index is 11.6. The second-order valence-electron chi connectivity index (χ2n) is 9.25. The van der Waals surface area contributed by atoms with Crippen LogP contribution in [0.25, 0.3) is 0 Å². The molecule has 0 saturated carbocycles. The van der Waals surface area contributed by atoms with E-state index in [2.05, 4.69) is 12.2 Å². The van der Waals surface area contributed by atoms with E-state index in [1.165, 1.54) is 77.6 Å². The van der Waals surface area contributed by atoms with Crippen molar-refractivity contribution in [1.29, 1.82) is 0 Å². The first kappa shape index (κ1) is 32.8. The molecule has 0 aromatic heterocycles. The minimum absolute atomic E-state index is 0.0500. The molecule has 0 radical (unpaired) electrons. The van der Waals surface area contributed by atoms with Crippen LogP contribution in [0.3, 0.4) is 0 Å². The van der Waals surface area contributed by atoms with Gasteiger partial charge in [-0.2, -0.15) is 0 Å².